The van der Waals surface area contributed by atoms with Crippen molar-refractivity contribution in [3.8, 4) is 5.75 Å². The number of rotatable bonds is 1. The summed E-state index contributed by atoms with van der Waals surface area (Å²) in [6.07, 6.45) is 0. The first kappa shape index (κ1) is 10.4. The van der Waals surface area contributed by atoms with E-state index in [1.165, 1.54) is 6.07 Å². The molecule has 2 rings (SSSR count). The smallest absolute Gasteiger partial charge is 0.339 e. The van der Waals surface area contributed by atoms with Crippen molar-refractivity contribution in [2.24, 2.45) is 0 Å². The van der Waals surface area contributed by atoms with E-state index >= 15 is 0 Å². The van der Waals surface area contributed by atoms with E-state index in [1.807, 2.05) is 0 Å². The van der Waals surface area contributed by atoms with Gasteiger partial charge in [-0.2, -0.15) is 0 Å². The molecular weight excluding hydrogens is 271 g/mol. The molecule has 0 spiro atoms. The van der Waals surface area contributed by atoms with E-state index < -0.39 is 11.8 Å². The van der Waals surface area contributed by atoms with Gasteiger partial charge < -0.3 is 14.6 Å². The Labute approximate surface area is 92.7 Å². The fourth-order valence-corrected chi connectivity index (χ4v) is 1.83. The summed E-state index contributed by atoms with van der Waals surface area (Å²) in [5, 5.41) is 8.89. The number of benzene rings is 1. The molecular formula is C9H6BrFO4. The molecule has 0 bridgehead atoms. The van der Waals surface area contributed by atoms with Gasteiger partial charge in [0.05, 0.1) is 16.6 Å². The van der Waals surface area contributed by atoms with Gasteiger partial charge in [-0.25, -0.2) is 9.18 Å². The van der Waals surface area contributed by atoms with Gasteiger partial charge in [0.1, 0.15) is 17.1 Å². The summed E-state index contributed by atoms with van der Waals surface area (Å²) >= 11 is 2.94. The summed E-state index contributed by atoms with van der Waals surface area (Å²) in [6.45, 7) is -0.0464. The average Bonchev–Trinajstić information content (AvgIpc) is 2.23. The van der Waals surface area contributed by atoms with E-state index in [0.717, 1.165) is 0 Å². The number of carbonyl (C=O) groups is 1. The highest BCUT2D eigenvalue weighted by Crippen LogP contribution is 2.34. The second kappa shape index (κ2) is 3.79. The molecule has 1 aliphatic rings. The van der Waals surface area contributed by atoms with Gasteiger partial charge in [0.2, 0.25) is 0 Å². The first-order valence-corrected chi connectivity index (χ1v) is 4.85. The van der Waals surface area contributed by atoms with Crippen molar-refractivity contribution >= 4 is 21.9 Å². The molecule has 1 aliphatic heterocycles. The van der Waals surface area contributed by atoms with Crippen LogP contribution in [0.4, 0.5) is 4.39 Å². The number of halogens is 2. The SMILES string of the molecule is O=C(O)c1cc(Br)c(F)c2c1OCOC2. The number of aromatic carboxylic acids is 1. The summed E-state index contributed by atoms with van der Waals surface area (Å²) < 4.78 is 23.5. The second-order valence-corrected chi connectivity index (χ2v) is 3.80. The second-order valence-electron chi connectivity index (χ2n) is 2.94. The topological polar surface area (TPSA) is 55.8 Å². The van der Waals surface area contributed by atoms with Crippen LogP contribution in [0.1, 0.15) is 15.9 Å². The van der Waals surface area contributed by atoms with Gasteiger partial charge in [-0.05, 0) is 22.0 Å². The Hall–Kier alpha value is -1.14. The maximum Gasteiger partial charge on any atom is 0.339 e. The number of carboxylic acid groups (broad SMARTS) is 1. The normalized spacial score (nSPS) is 14.3. The molecule has 0 atom stereocenters. The Morgan fingerprint density at radius 3 is 3.00 bits per heavy atom. The molecule has 0 aliphatic carbocycles. The molecule has 0 unspecified atom stereocenters. The van der Waals surface area contributed by atoms with Crippen molar-refractivity contribution in [2.75, 3.05) is 6.79 Å². The minimum absolute atomic E-state index is 0.0148. The minimum Gasteiger partial charge on any atom is -0.478 e. The maximum absolute atomic E-state index is 13.5. The third-order valence-corrected chi connectivity index (χ3v) is 2.60. The highest BCUT2D eigenvalue weighted by Gasteiger charge is 2.24. The molecule has 80 valence electrons. The van der Waals surface area contributed by atoms with Gasteiger partial charge in [-0.3, -0.25) is 0 Å². The van der Waals surface area contributed by atoms with E-state index in [1.54, 1.807) is 0 Å². The van der Waals surface area contributed by atoms with Gasteiger partial charge in [-0.1, -0.05) is 0 Å². The van der Waals surface area contributed by atoms with E-state index in [9.17, 15) is 9.18 Å². The molecule has 1 heterocycles. The van der Waals surface area contributed by atoms with Crippen LogP contribution >= 0.6 is 15.9 Å². The van der Waals surface area contributed by atoms with E-state index in [-0.39, 0.29) is 34.7 Å². The first-order chi connectivity index (χ1) is 7.11. The molecule has 0 amide bonds. The van der Waals surface area contributed by atoms with Crippen LogP contribution in [-0.4, -0.2) is 17.9 Å². The highest BCUT2D eigenvalue weighted by molar-refractivity contribution is 9.10. The highest BCUT2D eigenvalue weighted by atomic mass is 79.9. The van der Waals surface area contributed by atoms with E-state index in [2.05, 4.69) is 15.9 Å². The van der Waals surface area contributed by atoms with Crippen molar-refractivity contribution in [3.05, 3.63) is 27.5 Å². The molecule has 0 aromatic heterocycles. The van der Waals surface area contributed by atoms with Crippen molar-refractivity contribution in [3.63, 3.8) is 0 Å². The van der Waals surface area contributed by atoms with Crippen LogP contribution < -0.4 is 4.74 Å². The fraction of sp³-hybridized carbons (Fsp3) is 0.222. The Balaban J connectivity index is 2.67. The zero-order valence-electron chi connectivity index (χ0n) is 7.42. The third kappa shape index (κ3) is 1.70. The van der Waals surface area contributed by atoms with Crippen LogP contribution in [0.2, 0.25) is 0 Å². The summed E-state index contributed by atoms with van der Waals surface area (Å²) in [5.41, 5.74) is 0.0644. The van der Waals surface area contributed by atoms with Gasteiger partial charge in [-0.15, -0.1) is 0 Å². The zero-order valence-corrected chi connectivity index (χ0v) is 9.01. The molecule has 1 N–H and O–H groups in total. The Morgan fingerprint density at radius 1 is 1.60 bits per heavy atom. The molecule has 1 aromatic rings. The third-order valence-electron chi connectivity index (χ3n) is 2.03. The number of hydrogen-bond donors (Lipinski definition) is 1. The minimum atomic E-state index is -1.16. The Kier molecular flexibility index (Phi) is 2.62. The lowest BCUT2D eigenvalue weighted by Crippen LogP contribution is -2.16. The Bertz CT molecular complexity index is 433. The number of fused-ring (bicyclic) bond motifs is 1. The maximum atomic E-state index is 13.5. The van der Waals surface area contributed by atoms with Crippen molar-refractivity contribution < 1.29 is 23.8 Å². The zero-order chi connectivity index (χ0) is 11.0. The molecule has 6 heteroatoms. The predicted octanol–water partition coefficient (Wildman–Crippen LogP) is 2.15. The molecule has 0 radical (unpaired) electrons. The van der Waals surface area contributed by atoms with Crippen LogP contribution in [0, 0.1) is 5.82 Å². The van der Waals surface area contributed by atoms with Crippen molar-refractivity contribution in [2.45, 2.75) is 6.61 Å². The van der Waals surface area contributed by atoms with Crippen molar-refractivity contribution in [1.82, 2.24) is 0 Å². The van der Waals surface area contributed by atoms with Gasteiger partial charge in [0.25, 0.3) is 0 Å². The lowest BCUT2D eigenvalue weighted by Gasteiger charge is -2.20. The number of carboxylic acids is 1. The van der Waals surface area contributed by atoms with Gasteiger partial charge in [0, 0.05) is 0 Å². The summed E-state index contributed by atoms with van der Waals surface area (Å²) in [5.74, 6) is -1.65. The molecule has 0 saturated carbocycles. The quantitative estimate of drug-likeness (QED) is 0.854. The van der Waals surface area contributed by atoms with Crippen LogP contribution in [0.3, 0.4) is 0 Å². The standard InChI is InChI=1S/C9H6BrFO4/c10-6-1-4(9(12)13)8-5(7(6)11)2-14-3-15-8/h1H,2-3H2,(H,12,13). The average molecular weight is 277 g/mol. The van der Waals surface area contributed by atoms with Gasteiger partial charge in [0.15, 0.2) is 6.79 Å². The monoisotopic (exact) mass is 276 g/mol. The largest absolute Gasteiger partial charge is 0.478 e. The van der Waals surface area contributed by atoms with Crippen LogP contribution in [0.25, 0.3) is 0 Å². The first-order valence-electron chi connectivity index (χ1n) is 4.06. The fourth-order valence-electron chi connectivity index (χ4n) is 1.36. The summed E-state index contributed by atoms with van der Waals surface area (Å²) in [6, 6.07) is 1.18. The predicted molar refractivity (Wildman–Crippen MR) is 51.3 cm³/mol. The molecule has 15 heavy (non-hydrogen) atoms. The van der Waals surface area contributed by atoms with Crippen LogP contribution in [-0.2, 0) is 11.3 Å². The van der Waals surface area contributed by atoms with Crippen molar-refractivity contribution in [1.29, 1.82) is 0 Å². The van der Waals surface area contributed by atoms with E-state index in [4.69, 9.17) is 14.6 Å². The number of hydrogen-bond acceptors (Lipinski definition) is 3. The molecule has 0 saturated heterocycles. The summed E-state index contributed by atoms with van der Waals surface area (Å²) in [7, 11) is 0. The molecule has 0 fully saturated rings. The Morgan fingerprint density at radius 2 is 2.33 bits per heavy atom. The lowest BCUT2D eigenvalue weighted by molar-refractivity contribution is -0.0191. The van der Waals surface area contributed by atoms with Crippen LogP contribution in [0.15, 0.2) is 10.5 Å². The number of ether oxygens (including phenoxy) is 2. The van der Waals surface area contributed by atoms with Gasteiger partial charge >= 0.3 is 5.97 Å². The summed E-state index contributed by atoms with van der Waals surface area (Å²) in [4.78, 5) is 10.9. The van der Waals surface area contributed by atoms with E-state index in [0.29, 0.717) is 0 Å². The molecule has 4 nitrogen and oxygen atoms in total. The lowest BCUT2D eigenvalue weighted by atomic mass is 10.1. The van der Waals surface area contributed by atoms with Crippen LogP contribution in [0.5, 0.6) is 5.75 Å². The molecule has 1 aromatic carbocycles.